The second kappa shape index (κ2) is 8.74. The Kier molecular flexibility index (Phi) is 6.89. The number of hydrogen-bond donors (Lipinski definition) is 2. The number of unbranched alkanes of at least 4 members (excludes halogenated alkanes) is 1. The maximum atomic E-state index is 11.5. The fourth-order valence-corrected chi connectivity index (χ4v) is 1.63. The van der Waals surface area contributed by atoms with Gasteiger partial charge in [0.2, 0.25) is 0 Å². The first kappa shape index (κ1) is 15.8. The first-order valence-corrected chi connectivity index (χ1v) is 6.44. The van der Waals surface area contributed by atoms with Gasteiger partial charge >= 0.3 is 12.1 Å². The molecule has 0 spiro atoms. The van der Waals surface area contributed by atoms with Crippen molar-refractivity contribution < 1.29 is 19.4 Å². The van der Waals surface area contributed by atoms with Crippen LogP contribution in [0.3, 0.4) is 0 Å². The third-order valence-corrected chi connectivity index (χ3v) is 2.66. The third-order valence-electron chi connectivity index (χ3n) is 2.66. The molecular weight excluding hydrogens is 258 g/mol. The van der Waals surface area contributed by atoms with E-state index in [0.29, 0.717) is 6.42 Å². The summed E-state index contributed by atoms with van der Waals surface area (Å²) in [7, 11) is 0. The highest BCUT2D eigenvalue weighted by Crippen LogP contribution is 2.04. The lowest BCUT2D eigenvalue weighted by molar-refractivity contribution is -0.139. The number of ether oxygens (including phenoxy) is 1. The van der Waals surface area contributed by atoms with E-state index in [2.05, 4.69) is 11.9 Å². The summed E-state index contributed by atoms with van der Waals surface area (Å²) in [5.74, 6) is -1.09. The second-order valence-electron chi connectivity index (χ2n) is 4.29. The summed E-state index contributed by atoms with van der Waals surface area (Å²) in [6.07, 6.45) is 2.67. The van der Waals surface area contributed by atoms with E-state index in [-0.39, 0.29) is 13.0 Å². The van der Waals surface area contributed by atoms with Crippen molar-refractivity contribution >= 4 is 12.1 Å². The van der Waals surface area contributed by atoms with Gasteiger partial charge in [0.15, 0.2) is 0 Å². The Morgan fingerprint density at radius 3 is 2.65 bits per heavy atom. The molecule has 1 amide bonds. The Labute approximate surface area is 118 Å². The summed E-state index contributed by atoms with van der Waals surface area (Å²) < 4.78 is 4.90. The summed E-state index contributed by atoms with van der Waals surface area (Å²) in [4.78, 5) is 22.6. The van der Waals surface area contributed by atoms with Gasteiger partial charge in [0.05, 0.1) is 6.61 Å². The summed E-state index contributed by atoms with van der Waals surface area (Å²) in [5.41, 5.74) is 0.840. The van der Waals surface area contributed by atoms with Gasteiger partial charge in [0, 0.05) is 6.42 Å². The minimum Gasteiger partial charge on any atom is -0.480 e. The SMILES string of the molecule is C=CCCCOC(=O)N[C@@H](Cc1ccccc1)C(=O)O. The van der Waals surface area contributed by atoms with Crippen molar-refractivity contribution in [2.24, 2.45) is 0 Å². The van der Waals surface area contributed by atoms with E-state index in [4.69, 9.17) is 9.84 Å². The van der Waals surface area contributed by atoms with Crippen molar-refractivity contribution in [2.45, 2.75) is 25.3 Å². The van der Waals surface area contributed by atoms with Crippen LogP contribution in [0.15, 0.2) is 43.0 Å². The zero-order valence-corrected chi connectivity index (χ0v) is 11.2. The van der Waals surface area contributed by atoms with Crippen LogP contribution in [0.1, 0.15) is 18.4 Å². The molecule has 0 aromatic heterocycles. The molecule has 0 radical (unpaired) electrons. The van der Waals surface area contributed by atoms with Gasteiger partial charge in [-0.25, -0.2) is 9.59 Å². The molecule has 0 bridgehead atoms. The summed E-state index contributed by atoms with van der Waals surface area (Å²) in [6, 6.07) is 8.12. The highest BCUT2D eigenvalue weighted by Gasteiger charge is 2.20. The molecule has 2 N–H and O–H groups in total. The first-order valence-electron chi connectivity index (χ1n) is 6.44. The smallest absolute Gasteiger partial charge is 0.407 e. The van der Waals surface area contributed by atoms with Gasteiger partial charge in [-0.05, 0) is 18.4 Å². The minimum atomic E-state index is -1.09. The monoisotopic (exact) mass is 277 g/mol. The van der Waals surface area contributed by atoms with Crippen LogP contribution in [0, 0.1) is 0 Å². The van der Waals surface area contributed by atoms with Crippen molar-refractivity contribution in [1.82, 2.24) is 5.32 Å². The van der Waals surface area contributed by atoms with E-state index in [1.807, 2.05) is 30.3 Å². The fourth-order valence-electron chi connectivity index (χ4n) is 1.63. The number of alkyl carbamates (subject to hydrolysis) is 1. The van der Waals surface area contributed by atoms with E-state index in [1.54, 1.807) is 6.08 Å². The normalized spacial score (nSPS) is 11.4. The summed E-state index contributed by atoms with van der Waals surface area (Å²) in [6.45, 7) is 3.81. The lowest BCUT2D eigenvalue weighted by Gasteiger charge is -2.14. The van der Waals surface area contributed by atoms with Crippen molar-refractivity contribution in [3.8, 4) is 0 Å². The molecule has 0 aliphatic carbocycles. The predicted molar refractivity (Wildman–Crippen MR) is 75.5 cm³/mol. The predicted octanol–water partition coefficient (Wildman–Crippen LogP) is 2.37. The highest BCUT2D eigenvalue weighted by atomic mass is 16.5. The standard InChI is InChI=1S/C15H19NO4/c1-2-3-7-10-20-15(19)16-13(14(17)18)11-12-8-5-4-6-9-12/h2,4-6,8-9,13H,1,3,7,10-11H2,(H,16,19)(H,17,18)/t13-/m0/s1. The van der Waals surface area contributed by atoms with Crippen LogP contribution in [0.4, 0.5) is 4.79 Å². The Bertz CT molecular complexity index is 444. The largest absolute Gasteiger partial charge is 0.480 e. The van der Waals surface area contributed by atoms with E-state index in [1.165, 1.54) is 0 Å². The van der Waals surface area contributed by atoms with Gasteiger partial charge in [-0.15, -0.1) is 6.58 Å². The molecule has 0 heterocycles. The molecule has 0 saturated carbocycles. The number of rotatable bonds is 8. The lowest BCUT2D eigenvalue weighted by Crippen LogP contribution is -2.42. The van der Waals surface area contributed by atoms with Crippen LogP contribution in [0.2, 0.25) is 0 Å². The summed E-state index contributed by atoms with van der Waals surface area (Å²) in [5, 5.41) is 11.5. The molecular formula is C15H19NO4. The highest BCUT2D eigenvalue weighted by molar-refractivity contribution is 5.80. The van der Waals surface area contributed by atoms with Gasteiger partial charge in [0.1, 0.15) is 6.04 Å². The Balaban J connectivity index is 2.44. The molecule has 1 aromatic carbocycles. The van der Waals surface area contributed by atoms with Crippen LogP contribution in [-0.4, -0.2) is 29.8 Å². The quantitative estimate of drug-likeness (QED) is 0.565. The van der Waals surface area contributed by atoms with Crippen LogP contribution in [0.5, 0.6) is 0 Å². The van der Waals surface area contributed by atoms with Crippen molar-refractivity contribution in [1.29, 1.82) is 0 Å². The van der Waals surface area contributed by atoms with Gasteiger partial charge in [-0.1, -0.05) is 36.4 Å². The van der Waals surface area contributed by atoms with E-state index < -0.39 is 18.1 Å². The van der Waals surface area contributed by atoms with Crippen LogP contribution in [-0.2, 0) is 16.0 Å². The molecule has 1 atom stereocenters. The molecule has 108 valence electrons. The average Bonchev–Trinajstić information content (AvgIpc) is 2.44. The molecule has 0 unspecified atom stereocenters. The Morgan fingerprint density at radius 2 is 2.05 bits per heavy atom. The second-order valence-corrected chi connectivity index (χ2v) is 4.29. The zero-order chi connectivity index (χ0) is 14.8. The van der Waals surface area contributed by atoms with Crippen molar-refractivity contribution in [3.63, 3.8) is 0 Å². The number of carbonyl (C=O) groups excluding carboxylic acids is 1. The topological polar surface area (TPSA) is 75.6 Å². The molecule has 0 saturated heterocycles. The molecule has 0 fully saturated rings. The third kappa shape index (κ3) is 6.04. The molecule has 5 nitrogen and oxygen atoms in total. The average molecular weight is 277 g/mol. The van der Waals surface area contributed by atoms with Gasteiger partial charge in [0.25, 0.3) is 0 Å². The Hall–Kier alpha value is -2.30. The maximum absolute atomic E-state index is 11.5. The Morgan fingerprint density at radius 1 is 1.35 bits per heavy atom. The number of allylic oxidation sites excluding steroid dienone is 1. The van der Waals surface area contributed by atoms with Crippen LogP contribution >= 0.6 is 0 Å². The van der Waals surface area contributed by atoms with Crippen LogP contribution < -0.4 is 5.32 Å². The number of hydrogen-bond acceptors (Lipinski definition) is 3. The number of aliphatic carboxylic acids is 1. The van der Waals surface area contributed by atoms with Gasteiger partial charge in [-0.3, -0.25) is 0 Å². The minimum absolute atomic E-state index is 0.220. The molecule has 1 aromatic rings. The number of benzene rings is 1. The van der Waals surface area contributed by atoms with Crippen molar-refractivity contribution in [3.05, 3.63) is 48.6 Å². The molecule has 1 rings (SSSR count). The lowest BCUT2D eigenvalue weighted by atomic mass is 10.1. The zero-order valence-electron chi connectivity index (χ0n) is 11.2. The van der Waals surface area contributed by atoms with Crippen LogP contribution in [0.25, 0.3) is 0 Å². The van der Waals surface area contributed by atoms with E-state index in [0.717, 1.165) is 12.0 Å². The molecule has 5 heteroatoms. The number of carboxylic acid groups (broad SMARTS) is 1. The number of nitrogens with one attached hydrogen (secondary N) is 1. The first-order chi connectivity index (χ1) is 9.63. The van der Waals surface area contributed by atoms with Gasteiger partial charge in [-0.2, -0.15) is 0 Å². The molecule has 20 heavy (non-hydrogen) atoms. The summed E-state index contributed by atoms with van der Waals surface area (Å²) >= 11 is 0. The van der Waals surface area contributed by atoms with Gasteiger partial charge < -0.3 is 15.2 Å². The van der Waals surface area contributed by atoms with E-state index in [9.17, 15) is 9.59 Å². The fraction of sp³-hybridized carbons (Fsp3) is 0.333. The maximum Gasteiger partial charge on any atom is 0.407 e. The van der Waals surface area contributed by atoms with E-state index >= 15 is 0 Å². The number of amides is 1. The molecule has 0 aliphatic heterocycles. The molecule has 0 aliphatic rings. The number of carbonyl (C=O) groups is 2. The van der Waals surface area contributed by atoms with Crippen molar-refractivity contribution in [2.75, 3.05) is 6.61 Å². The number of carboxylic acids is 1.